The molecule has 18 heavy (non-hydrogen) atoms. The third kappa shape index (κ3) is 3.92. The zero-order valence-corrected chi connectivity index (χ0v) is 11.7. The number of likely N-dealkylation sites (tertiary alicyclic amines) is 1. The number of hydrogen-bond donors (Lipinski definition) is 2. The lowest BCUT2D eigenvalue weighted by atomic mass is 9.98. The summed E-state index contributed by atoms with van der Waals surface area (Å²) in [6.45, 7) is 2.32. The van der Waals surface area contributed by atoms with Gasteiger partial charge in [-0.1, -0.05) is 25.1 Å². The largest absolute Gasteiger partial charge is 0.393 e. The SMILES string of the molecule is NC(=S)C1CCCN(CC(=O)NC2CCCC2)C1. The molecule has 2 fully saturated rings. The molecular formula is C13H23N3OS. The van der Waals surface area contributed by atoms with Gasteiger partial charge in [0.1, 0.15) is 0 Å². The molecule has 1 saturated heterocycles. The summed E-state index contributed by atoms with van der Waals surface area (Å²) in [5.41, 5.74) is 5.70. The first-order chi connectivity index (χ1) is 8.65. The molecule has 102 valence electrons. The molecular weight excluding hydrogens is 246 g/mol. The van der Waals surface area contributed by atoms with Crippen LogP contribution in [0, 0.1) is 5.92 Å². The number of thiocarbonyl (C=S) groups is 1. The van der Waals surface area contributed by atoms with Crippen LogP contribution in [0.15, 0.2) is 0 Å². The zero-order valence-electron chi connectivity index (χ0n) is 10.9. The topological polar surface area (TPSA) is 58.4 Å². The predicted octanol–water partition coefficient (Wildman–Crippen LogP) is 1.04. The van der Waals surface area contributed by atoms with Crippen molar-refractivity contribution in [2.75, 3.05) is 19.6 Å². The third-order valence-corrected chi connectivity index (χ3v) is 4.33. The second-order valence-electron chi connectivity index (χ2n) is 5.53. The Balaban J connectivity index is 1.74. The van der Waals surface area contributed by atoms with Gasteiger partial charge >= 0.3 is 0 Å². The van der Waals surface area contributed by atoms with Crippen LogP contribution in [0.2, 0.25) is 0 Å². The number of carbonyl (C=O) groups is 1. The summed E-state index contributed by atoms with van der Waals surface area (Å²) in [4.78, 5) is 14.7. The van der Waals surface area contributed by atoms with E-state index in [0.717, 1.165) is 38.8 Å². The van der Waals surface area contributed by atoms with Crippen molar-refractivity contribution in [2.45, 2.75) is 44.6 Å². The fourth-order valence-electron chi connectivity index (χ4n) is 2.98. The van der Waals surface area contributed by atoms with Crippen molar-refractivity contribution in [3.05, 3.63) is 0 Å². The van der Waals surface area contributed by atoms with E-state index in [1.54, 1.807) is 0 Å². The molecule has 4 nitrogen and oxygen atoms in total. The Hall–Kier alpha value is -0.680. The number of carbonyl (C=O) groups excluding carboxylic acids is 1. The molecule has 3 N–H and O–H groups in total. The number of piperidine rings is 1. The van der Waals surface area contributed by atoms with E-state index in [9.17, 15) is 4.79 Å². The van der Waals surface area contributed by atoms with E-state index in [0.29, 0.717) is 17.6 Å². The quantitative estimate of drug-likeness (QED) is 0.749. The second-order valence-corrected chi connectivity index (χ2v) is 6.00. The smallest absolute Gasteiger partial charge is 0.234 e. The third-order valence-electron chi connectivity index (χ3n) is 4.00. The van der Waals surface area contributed by atoms with Crippen molar-refractivity contribution >= 4 is 23.1 Å². The monoisotopic (exact) mass is 269 g/mol. The summed E-state index contributed by atoms with van der Waals surface area (Å²) in [6.07, 6.45) is 6.92. The highest BCUT2D eigenvalue weighted by molar-refractivity contribution is 7.80. The van der Waals surface area contributed by atoms with E-state index in [2.05, 4.69) is 10.2 Å². The van der Waals surface area contributed by atoms with Crippen molar-refractivity contribution in [1.29, 1.82) is 0 Å². The minimum atomic E-state index is 0.158. The average molecular weight is 269 g/mol. The van der Waals surface area contributed by atoms with E-state index < -0.39 is 0 Å². The molecule has 1 saturated carbocycles. The molecule has 1 heterocycles. The maximum Gasteiger partial charge on any atom is 0.234 e. The van der Waals surface area contributed by atoms with Crippen molar-refractivity contribution < 1.29 is 4.79 Å². The fourth-order valence-corrected chi connectivity index (χ4v) is 3.17. The lowest BCUT2D eigenvalue weighted by Crippen LogP contribution is -2.46. The maximum absolute atomic E-state index is 11.9. The van der Waals surface area contributed by atoms with Gasteiger partial charge in [0.05, 0.1) is 11.5 Å². The number of nitrogens with two attached hydrogens (primary N) is 1. The van der Waals surface area contributed by atoms with E-state index >= 15 is 0 Å². The van der Waals surface area contributed by atoms with Gasteiger partial charge < -0.3 is 11.1 Å². The van der Waals surface area contributed by atoms with Crippen molar-refractivity contribution in [1.82, 2.24) is 10.2 Å². The number of nitrogens with zero attached hydrogens (tertiary/aromatic N) is 1. The summed E-state index contributed by atoms with van der Waals surface area (Å²) in [5, 5.41) is 3.13. The van der Waals surface area contributed by atoms with Gasteiger partial charge in [-0.25, -0.2) is 0 Å². The van der Waals surface area contributed by atoms with Crippen LogP contribution in [0.3, 0.4) is 0 Å². The molecule has 2 aliphatic rings. The Morgan fingerprint density at radius 3 is 2.67 bits per heavy atom. The molecule has 1 atom stereocenters. The molecule has 1 aliphatic carbocycles. The minimum Gasteiger partial charge on any atom is -0.393 e. The van der Waals surface area contributed by atoms with Crippen LogP contribution in [0.25, 0.3) is 0 Å². The molecule has 0 aromatic rings. The Kier molecular flexibility index (Phi) is 4.95. The van der Waals surface area contributed by atoms with Gasteiger partial charge in [0.25, 0.3) is 0 Å². The number of amides is 1. The molecule has 2 rings (SSSR count). The normalized spacial score (nSPS) is 26.1. The van der Waals surface area contributed by atoms with Crippen LogP contribution in [0.4, 0.5) is 0 Å². The fraction of sp³-hybridized carbons (Fsp3) is 0.846. The molecule has 1 aliphatic heterocycles. The summed E-state index contributed by atoms with van der Waals surface area (Å²) < 4.78 is 0. The van der Waals surface area contributed by atoms with Gasteiger partial charge in [-0.2, -0.15) is 0 Å². The second kappa shape index (κ2) is 6.48. The van der Waals surface area contributed by atoms with Gasteiger partial charge in [0.2, 0.25) is 5.91 Å². The molecule has 1 amide bonds. The summed E-state index contributed by atoms with van der Waals surface area (Å²) >= 11 is 5.05. The van der Waals surface area contributed by atoms with Crippen molar-refractivity contribution in [3.63, 3.8) is 0 Å². The Morgan fingerprint density at radius 2 is 2.00 bits per heavy atom. The van der Waals surface area contributed by atoms with Crippen LogP contribution >= 0.6 is 12.2 Å². The molecule has 0 radical (unpaired) electrons. The Bertz CT molecular complexity index is 315. The molecule has 1 unspecified atom stereocenters. The highest BCUT2D eigenvalue weighted by Gasteiger charge is 2.24. The highest BCUT2D eigenvalue weighted by atomic mass is 32.1. The average Bonchev–Trinajstić information content (AvgIpc) is 2.82. The van der Waals surface area contributed by atoms with Gasteiger partial charge in [-0.05, 0) is 32.2 Å². The summed E-state index contributed by atoms with van der Waals surface area (Å²) in [5.74, 6) is 0.443. The van der Waals surface area contributed by atoms with Crippen molar-refractivity contribution in [2.24, 2.45) is 11.7 Å². The standard InChI is InChI=1S/C13H23N3OS/c14-13(18)10-4-3-7-16(8-10)9-12(17)15-11-5-1-2-6-11/h10-11H,1-9H2,(H2,14,18)(H,15,17). The summed E-state index contributed by atoms with van der Waals surface area (Å²) in [7, 11) is 0. The van der Waals surface area contributed by atoms with Gasteiger partial charge in [0, 0.05) is 18.5 Å². The highest BCUT2D eigenvalue weighted by Crippen LogP contribution is 2.18. The van der Waals surface area contributed by atoms with E-state index in [4.69, 9.17) is 18.0 Å². The van der Waals surface area contributed by atoms with Crippen LogP contribution in [0.1, 0.15) is 38.5 Å². The Labute approximate surface area is 114 Å². The number of nitrogens with one attached hydrogen (secondary N) is 1. The molecule has 5 heteroatoms. The van der Waals surface area contributed by atoms with E-state index in [1.807, 2.05) is 0 Å². The number of hydrogen-bond acceptors (Lipinski definition) is 3. The van der Waals surface area contributed by atoms with Gasteiger partial charge in [-0.15, -0.1) is 0 Å². The lowest BCUT2D eigenvalue weighted by molar-refractivity contribution is -0.123. The molecule has 0 aromatic carbocycles. The lowest BCUT2D eigenvalue weighted by Gasteiger charge is -2.31. The summed E-state index contributed by atoms with van der Waals surface area (Å²) in [6, 6.07) is 0.411. The van der Waals surface area contributed by atoms with Gasteiger partial charge in [-0.3, -0.25) is 9.69 Å². The first kappa shape index (κ1) is 13.7. The molecule has 0 bridgehead atoms. The van der Waals surface area contributed by atoms with E-state index in [1.165, 1.54) is 12.8 Å². The molecule has 0 spiro atoms. The van der Waals surface area contributed by atoms with Crippen LogP contribution in [0.5, 0.6) is 0 Å². The zero-order chi connectivity index (χ0) is 13.0. The number of rotatable bonds is 4. The minimum absolute atomic E-state index is 0.158. The first-order valence-electron chi connectivity index (χ1n) is 6.96. The van der Waals surface area contributed by atoms with Crippen LogP contribution in [-0.2, 0) is 4.79 Å². The van der Waals surface area contributed by atoms with Crippen LogP contribution in [-0.4, -0.2) is 41.5 Å². The predicted molar refractivity (Wildman–Crippen MR) is 76.3 cm³/mol. The maximum atomic E-state index is 11.9. The van der Waals surface area contributed by atoms with E-state index in [-0.39, 0.29) is 11.8 Å². The Morgan fingerprint density at radius 1 is 1.28 bits per heavy atom. The first-order valence-corrected chi connectivity index (χ1v) is 7.37. The van der Waals surface area contributed by atoms with Crippen molar-refractivity contribution in [3.8, 4) is 0 Å². The van der Waals surface area contributed by atoms with Crippen LogP contribution < -0.4 is 11.1 Å². The van der Waals surface area contributed by atoms with Gasteiger partial charge in [0.15, 0.2) is 0 Å². The molecule has 0 aromatic heterocycles.